The van der Waals surface area contributed by atoms with Crippen LogP contribution in [0.5, 0.6) is 11.5 Å². The highest BCUT2D eigenvalue weighted by Crippen LogP contribution is 2.38. The van der Waals surface area contributed by atoms with Crippen LogP contribution in [0.4, 0.5) is 0 Å². The summed E-state index contributed by atoms with van der Waals surface area (Å²) in [5, 5.41) is 9.48. The minimum Gasteiger partial charge on any atom is -0.478 e. The molecule has 0 unspecified atom stereocenters. The van der Waals surface area contributed by atoms with Crippen LogP contribution in [-0.4, -0.2) is 11.1 Å². The molecule has 3 heteroatoms. The molecule has 1 aliphatic heterocycles. The summed E-state index contributed by atoms with van der Waals surface area (Å²) in [5.41, 5.74) is 2.76. The zero-order chi connectivity index (χ0) is 14.1. The number of para-hydroxylation sites is 1. The summed E-state index contributed by atoms with van der Waals surface area (Å²) < 4.78 is 5.87. The quantitative estimate of drug-likeness (QED) is 0.894. The Balaban J connectivity index is 2.26. The van der Waals surface area contributed by atoms with Crippen molar-refractivity contribution in [2.75, 3.05) is 0 Å². The highest BCUT2D eigenvalue weighted by Gasteiger charge is 2.21. The average molecular weight is 266 g/mol. The van der Waals surface area contributed by atoms with Crippen LogP contribution < -0.4 is 4.74 Å². The molecule has 2 aromatic rings. The molecule has 0 saturated heterocycles. The van der Waals surface area contributed by atoms with Gasteiger partial charge in [0.1, 0.15) is 11.5 Å². The highest BCUT2D eigenvalue weighted by molar-refractivity contribution is 6.22. The van der Waals surface area contributed by atoms with Crippen LogP contribution in [-0.2, 0) is 11.2 Å². The second-order valence-electron chi connectivity index (χ2n) is 4.69. The van der Waals surface area contributed by atoms with Crippen LogP contribution in [0.3, 0.4) is 0 Å². The topological polar surface area (TPSA) is 46.5 Å². The van der Waals surface area contributed by atoms with Gasteiger partial charge in [0.25, 0.3) is 0 Å². The lowest BCUT2D eigenvalue weighted by atomic mass is 9.99. The molecule has 0 amide bonds. The largest absolute Gasteiger partial charge is 0.478 e. The molecule has 20 heavy (non-hydrogen) atoms. The zero-order valence-electron chi connectivity index (χ0n) is 11.1. The van der Waals surface area contributed by atoms with Crippen LogP contribution in [0.2, 0.25) is 0 Å². The molecule has 100 valence electrons. The first-order chi connectivity index (χ1) is 9.69. The van der Waals surface area contributed by atoms with Crippen molar-refractivity contribution in [1.82, 2.24) is 0 Å². The van der Waals surface area contributed by atoms with Crippen molar-refractivity contribution in [2.24, 2.45) is 0 Å². The molecule has 3 rings (SSSR count). The normalized spacial score (nSPS) is 12.6. The summed E-state index contributed by atoms with van der Waals surface area (Å²) in [4.78, 5) is 11.6. The first-order valence-corrected chi connectivity index (χ1v) is 6.54. The number of carboxylic acids is 1. The number of ether oxygens (including phenoxy) is 1. The van der Waals surface area contributed by atoms with E-state index in [-0.39, 0.29) is 5.57 Å². The Bertz CT molecular complexity index is 714. The van der Waals surface area contributed by atoms with Gasteiger partial charge in [-0.15, -0.1) is 0 Å². The Labute approximate surface area is 117 Å². The van der Waals surface area contributed by atoms with Crippen molar-refractivity contribution >= 4 is 17.6 Å². The molecule has 0 fully saturated rings. The number of hydrogen-bond acceptors (Lipinski definition) is 2. The van der Waals surface area contributed by atoms with Crippen LogP contribution in [0, 0.1) is 0 Å². The summed E-state index contributed by atoms with van der Waals surface area (Å²) in [6.45, 7) is 2.04. The summed E-state index contributed by atoms with van der Waals surface area (Å²) in [7, 11) is 0. The number of benzene rings is 2. The molecule has 0 radical (unpaired) electrons. The molecule has 0 bridgehead atoms. The van der Waals surface area contributed by atoms with E-state index in [1.165, 1.54) is 0 Å². The first kappa shape index (κ1) is 12.5. The standard InChI is InChI=1S/C17H14O3/c1-2-11-7-8-16-13(9-11)14(17(18)19)10-12-5-3-4-6-15(12)20-16/h3-10H,2H2,1H3,(H,18,19). The summed E-state index contributed by atoms with van der Waals surface area (Å²) in [5.74, 6) is 0.315. The SMILES string of the molecule is CCc1ccc2c(c1)C(C(=O)O)=Cc1ccccc1O2. The van der Waals surface area contributed by atoms with E-state index in [2.05, 4.69) is 0 Å². The number of hydrogen-bond donors (Lipinski definition) is 1. The Kier molecular flexibility index (Phi) is 3.03. The molecular formula is C17H14O3. The van der Waals surface area contributed by atoms with Crippen molar-refractivity contribution < 1.29 is 14.6 Å². The zero-order valence-corrected chi connectivity index (χ0v) is 11.1. The first-order valence-electron chi connectivity index (χ1n) is 6.54. The molecule has 0 aromatic heterocycles. The smallest absolute Gasteiger partial charge is 0.336 e. The lowest BCUT2D eigenvalue weighted by molar-refractivity contribution is -0.130. The number of rotatable bonds is 2. The fourth-order valence-electron chi connectivity index (χ4n) is 2.32. The minimum atomic E-state index is -0.945. The number of aryl methyl sites for hydroxylation is 1. The third-order valence-corrected chi connectivity index (χ3v) is 3.41. The second kappa shape index (κ2) is 4.85. The fourth-order valence-corrected chi connectivity index (χ4v) is 2.32. The van der Waals surface area contributed by atoms with E-state index in [1.54, 1.807) is 6.08 Å². The van der Waals surface area contributed by atoms with Gasteiger partial charge in [-0.3, -0.25) is 0 Å². The van der Waals surface area contributed by atoms with Crippen molar-refractivity contribution in [1.29, 1.82) is 0 Å². The number of carbonyl (C=O) groups is 1. The fraction of sp³-hybridized carbons (Fsp3) is 0.118. The molecule has 0 spiro atoms. The van der Waals surface area contributed by atoms with E-state index in [0.717, 1.165) is 17.5 Å². The highest BCUT2D eigenvalue weighted by atomic mass is 16.5. The maximum atomic E-state index is 11.6. The third-order valence-electron chi connectivity index (χ3n) is 3.41. The maximum Gasteiger partial charge on any atom is 0.336 e. The lowest BCUT2D eigenvalue weighted by Gasteiger charge is -2.10. The van der Waals surface area contributed by atoms with Gasteiger partial charge in [-0.1, -0.05) is 31.2 Å². The monoisotopic (exact) mass is 266 g/mol. The Morgan fingerprint density at radius 2 is 1.95 bits per heavy atom. The molecule has 0 aliphatic carbocycles. The van der Waals surface area contributed by atoms with Gasteiger partial charge < -0.3 is 9.84 Å². The van der Waals surface area contributed by atoms with Crippen molar-refractivity contribution in [3.05, 3.63) is 59.2 Å². The molecular weight excluding hydrogens is 252 g/mol. The Morgan fingerprint density at radius 1 is 1.15 bits per heavy atom. The molecule has 1 N–H and O–H groups in total. The van der Waals surface area contributed by atoms with E-state index in [0.29, 0.717) is 17.1 Å². The lowest BCUT2D eigenvalue weighted by Crippen LogP contribution is -2.00. The van der Waals surface area contributed by atoms with Gasteiger partial charge in [0.05, 0.1) is 5.57 Å². The predicted octanol–water partition coefficient (Wildman–Crippen LogP) is 3.98. The van der Waals surface area contributed by atoms with Gasteiger partial charge in [0.2, 0.25) is 0 Å². The van der Waals surface area contributed by atoms with E-state index >= 15 is 0 Å². The Hall–Kier alpha value is -2.55. The van der Waals surface area contributed by atoms with Crippen molar-refractivity contribution in [3.8, 4) is 11.5 Å². The van der Waals surface area contributed by atoms with E-state index in [1.807, 2.05) is 49.4 Å². The van der Waals surface area contributed by atoms with Crippen LogP contribution in [0.25, 0.3) is 11.6 Å². The maximum absolute atomic E-state index is 11.6. The van der Waals surface area contributed by atoms with Gasteiger partial charge >= 0.3 is 5.97 Å². The number of aliphatic carboxylic acids is 1. The molecule has 1 aliphatic rings. The van der Waals surface area contributed by atoms with Gasteiger partial charge in [-0.2, -0.15) is 0 Å². The van der Waals surface area contributed by atoms with E-state index in [4.69, 9.17) is 4.74 Å². The molecule has 0 saturated carbocycles. The summed E-state index contributed by atoms with van der Waals surface area (Å²) >= 11 is 0. The summed E-state index contributed by atoms with van der Waals surface area (Å²) in [6, 6.07) is 13.1. The van der Waals surface area contributed by atoms with Gasteiger partial charge in [0, 0.05) is 11.1 Å². The van der Waals surface area contributed by atoms with Crippen molar-refractivity contribution in [2.45, 2.75) is 13.3 Å². The minimum absolute atomic E-state index is 0.264. The van der Waals surface area contributed by atoms with Crippen LogP contribution >= 0.6 is 0 Å². The predicted molar refractivity (Wildman–Crippen MR) is 77.8 cm³/mol. The van der Waals surface area contributed by atoms with Crippen LogP contribution in [0.1, 0.15) is 23.6 Å². The van der Waals surface area contributed by atoms with E-state index < -0.39 is 5.97 Å². The van der Waals surface area contributed by atoms with Gasteiger partial charge in [-0.25, -0.2) is 4.79 Å². The Morgan fingerprint density at radius 3 is 2.70 bits per heavy atom. The number of fused-ring (bicyclic) bond motifs is 2. The molecule has 0 atom stereocenters. The average Bonchev–Trinajstić information content (AvgIpc) is 2.62. The molecule has 1 heterocycles. The van der Waals surface area contributed by atoms with Crippen molar-refractivity contribution in [3.63, 3.8) is 0 Å². The third kappa shape index (κ3) is 2.07. The van der Waals surface area contributed by atoms with Gasteiger partial charge in [-0.05, 0) is 36.3 Å². The second-order valence-corrected chi connectivity index (χ2v) is 4.69. The summed E-state index contributed by atoms with van der Waals surface area (Å²) in [6.07, 6.45) is 2.52. The van der Waals surface area contributed by atoms with Gasteiger partial charge in [0.15, 0.2) is 0 Å². The number of carboxylic acid groups (broad SMARTS) is 1. The van der Waals surface area contributed by atoms with Crippen LogP contribution in [0.15, 0.2) is 42.5 Å². The van der Waals surface area contributed by atoms with E-state index in [9.17, 15) is 9.90 Å². The molecule has 2 aromatic carbocycles. The molecule has 3 nitrogen and oxygen atoms in total.